The second-order valence-electron chi connectivity index (χ2n) is 6.93. The molecule has 0 saturated carbocycles. The molecule has 6 heteroatoms. The molecule has 150 valence electrons. The van der Waals surface area contributed by atoms with Gasteiger partial charge in [0.05, 0.1) is 10.2 Å². The summed E-state index contributed by atoms with van der Waals surface area (Å²) in [5, 5.41) is 6.61. The summed E-state index contributed by atoms with van der Waals surface area (Å²) in [5.74, 6) is -0.311. The summed E-state index contributed by atoms with van der Waals surface area (Å²) in [6, 6.07) is 23.1. The van der Waals surface area contributed by atoms with Gasteiger partial charge in [-0.05, 0) is 55.0 Å². The molecule has 0 atom stereocenters. The Morgan fingerprint density at radius 1 is 0.933 bits per heavy atom. The Morgan fingerprint density at radius 2 is 1.67 bits per heavy atom. The Morgan fingerprint density at radius 3 is 2.43 bits per heavy atom. The molecule has 0 radical (unpaired) electrons. The minimum absolute atomic E-state index is 0.146. The van der Waals surface area contributed by atoms with Crippen LogP contribution < -0.4 is 10.6 Å². The third-order valence-corrected chi connectivity index (χ3v) is 5.82. The molecule has 0 saturated heterocycles. The Kier molecular flexibility index (Phi) is 5.86. The van der Waals surface area contributed by atoms with Crippen LogP contribution in [0.2, 0.25) is 0 Å². The summed E-state index contributed by atoms with van der Waals surface area (Å²) in [5.41, 5.74) is 4.26. The van der Waals surface area contributed by atoms with E-state index in [4.69, 9.17) is 0 Å². The predicted octanol–water partition coefficient (Wildman–Crippen LogP) is 5.03. The number of carbonyl (C=O) groups is 2. The number of thiazole rings is 1. The molecule has 0 aliphatic carbocycles. The fourth-order valence-corrected chi connectivity index (χ4v) is 4.10. The van der Waals surface area contributed by atoms with Crippen LogP contribution in [0.25, 0.3) is 20.8 Å². The smallest absolute Gasteiger partial charge is 0.251 e. The van der Waals surface area contributed by atoms with E-state index in [1.54, 1.807) is 17.4 Å². The molecule has 0 bridgehead atoms. The predicted molar refractivity (Wildman–Crippen MR) is 122 cm³/mol. The molecule has 4 aromatic rings. The lowest BCUT2D eigenvalue weighted by atomic mass is 10.1. The van der Waals surface area contributed by atoms with Crippen LogP contribution in [-0.2, 0) is 4.79 Å². The molecule has 0 aliphatic heterocycles. The maximum atomic E-state index is 12.2. The first-order valence-corrected chi connectivity index (χ1v) is 10.5. The molecule has 2 N–H and O–H groups in total. The highest BCUT2D eigenvalue weighted by atomic mass is 32.1. The van der Waals surface area contributed by atoms with Crippen molar-refractivity contribution in [2.24, 2.45) is 0 Å². The van der Waals surface area contributed by atoms with E-state index in [-0.39, 0.29) is 24.8 Å². The number of nitrogens with one attached hydrogen (secondary N) is 2. The summed E-state index contributed by atoms with van der Waals surface area (Å²) in [6.07, 6.45) is 0.206. The van der Waals surface area contributed by atoms with Crippen molar-refractivity contribution < 1.29 is 9.59 Å². The van der Waals surface area contributed by atoms with E-state index >= 15 is 0 Å². The molecule has 5 nitrogen and oxygen atoms in total. The number of hydrogen-bond donors (Lipinski definition) is 2. The van der Waals surface area contributed by atoms with Crippen molar-refractivity contribution in [3.8, 4) is 10.6 Å². The standard InChI is InChI=1S/C24H21N3O2S/c1-16-6-2-3-7-19(16)23(29)25-15-14-22(28)26-18-12-10-17(11-13-18)24-27-20-8-4-5-9-21(20)30-24/h2-13H,14-15H2,1H3,(H,25,29)(H,26,28). The molecule has 0 spiro atoms. The van der Waals surface area contributed by atoms with Gasteiger partial charge in [-0.1, -0.05) is 30.3 Å². The average molecular weight is 416 g/mol. The van der Waals surface area contributed by atoms with Crippen molar-refractivity contribution in [2.75, 3.05) is 11.9 Å². The van der Waals surface area contributed by atoms with Gasteiger partial charge in [-0.2, -0.15) is 0 Å². The molecular weight excluding hydrogens is 394 g/mol. The van der Waals surface area contributed by atoms with Gasteiger partial charge in [0.2, 0.25) is 5.91 Å². The van der Waals surface area contributed by atoms with E-state index in [1.807, 2.05) is 67.6 Å². The Bertz CT molecular complexity index is 1170. The van der Waals surface area contributed by atoms with E-state index in [0.717, 1.165) is 32.0 Å². The van der Waals surface area contributed by atoms with Crippen LogP contribution in [0.15, 0.2) is 72.8 Å². The minimum atomic E-state index is -0.166. The summed E-state index contributed by atoms with van der Waals surface area (Å²) >= 11 is 1.64. The van der Waals surface area contributed by atoms with E-state index in [9.17, 15) is 9.59 Å². The maximum absolute atomic E-state index is 12.2. The monoisotopic (exact) mass is 415 g/mol. The third-order valence-electron chi connectivity index (χ3n) is 4.74. The van der Waals surface area contributed by atoms with Crippen LogP contribution >= 0.6 is 11.3 Å². The fraction of sp³-hybridized carbons (Fsp3) is 0.125. The second kappa shape index (κ2) is 8.88. The summed E-state index contributed by atoms with van der Waals surface area (Å²) in [6.45, 7) is 2.17. The molecule has 2 amide bonds. The normalized spacial score (nSPS) is 10.7. The van der Waals surface area contributed by atoms with Gasteiger partial charge in [0, 0.05) is 29.8 Å². The topological polar surface area (TPSA) is 71.1 Å². The number of benzene rings is 3. The van der Waals surface area contributed by atoms with Crippen molar-refractivity contribution in [1.29, 1.82) is 0 Å². The van der Waals surface area contributed by atoms with Gasteiger partial charge in [-0.15, -0.1) is 11.3 Å². The number of aromatic nitrogens is 1. The van der Waals surface area contributed by atoms with Gasteiger partial charge < -0.3 is 10.6 Å². The summed E-state index contributed by atoms with van der Waals surface area (Å²) < 4.78 is 1.15. The van der Waals surface area contributed by atoms with Crippen LogP contribution in [0, 0.1) is 6.92 Å². The number of rotatable bonds is 6. The van der Waals surface area contributed by atoms with Gasteiger partial charge in [0.15, 0.2) is 0 Å². The van der Waals surface area contributed by atoms with Crippen molar-refractivity contribution >= 4 is 39.1 Å². The second-order valence-corrected chi connectivity index (χ2v) is 7.96. The first kappa shape index (κ1) is 19.8. The van der Waals surface area contributed by atoms with Crippen LogP contribution in [0.3, 0.4) is 0 Å². The lowest BCUT2D eigenvalue weighted by Crippen LogP contribution is -2.28. The molecular formula is C24H21N3O2S. The SMILES string of the molecule is Cc1ccccc1C(=O)NCCC(=O)Nc1ccc(-c2nc3ccccc3s2)cc1. The number of nitrogens with zero attached hydrogens (tertiary/aromatic N) is 1. The van der Waals surface area contributed by atoms with Gasteiger partial charge >= 0.3 is 0 Å². The molecule has 0 unspecified atom stereocenters. The molecule has 0 fully saturated rings. The highest BCUT2D eigenvalue weighted by molar-refractivity contribution is 7.21. The number of fused-ring (bicyclic) bond motifs is 1. The van der Waals surface area contributed by atoms with Gasteiger partial charge in [0.1, 0.15) is 5.01 Å². The van der Waals surface area contributed by atoms with Crippen LogP contribution in [0.5, 0.6) is 0 Å². The Labute approximate surface area is 178 Å². The maximum Gasteiger partial charge on any atom is 0.251 e. The van der Waals surface area contributed by atoms with Crippen molar-refractivity contribution in [2.45, 2.75) is 13.3 Å². The van der Waals surface area contributed by atoms with E-state index < -0.39 is 0 Å². The Hall–Kier alpha value is -3.51. The summed E-state index contributed by atoms with van der Waals surface area (Å²) in [7, 11) is 0. The third kappa shape index (κ3) is 4.55. The average Bonchev–Trinajstić information content (AvgIpc) is 3.19. The zero-order valence-corrected chi connectivity index (χ0v) is 17.3. The highest BCUT2D eigenvalue weighted by Crippen LogP contribution is 2.30. The first-order chi connectivity index (χ1) is 14.6. The highest BCUT2D eigenvalue weighted by Gasteiger charge is 2.10. The van der Waals surface area contributed by atoms with Gasteiger partial charge in [0.25, 0.3) is 5.91 Å². The van der Waals surface area contributed by atoms with Crippen LogP contribution in [-0.4, -0.2) is 23.3 Å². The lowest BCUT2D eigenvalue weighted by Gasteiger charge is -2.08. The van der Waals surface area contributed by atoms with E-state index in [2.05, 4.69) is 21.7 Å². The molecule has 0 aliphatic rings. The van der Waals surface area contributed by atoms with Crippen molar-refractivity contribution in [3.63, 3.8) is 0 Å². The lowest BCUT2D eigenvalue weighted by molar-refractivity contribution is -0.116. The minimum Gasteiger partial charge on any atom is -0.352 e. The number of para-hydroxylation sites is 1. The van der Waals surface area contributed by atoms with E-state index in [1.165, 1.54) is 0 Å². The molecule has 3 aromatic carbocycles. The van der Waals surface area contributed by atoms with Gasteiger partial charge in [-0.25, -0.2) is 4.98 Å². The Balaban J connectivity index is 1.30. The van der Waals surface area contributed by atoms with Gasteiger partial charge in [-0.3, -0.25) is 9.59 Å². The number of anilines is 1. The van der Waals surface area contributed by atoms with Crippen LogP contribution in [0.4, 0.5) is 5.69 Å². The van der Waals surface area contributed by atoms with Crippen molar-refractivity contribution in [1.82, 2.24) is 10.3 Å². The molecule has 1 aromatic heterocycles. The summed E-state index contributed by atoms with van der Waals surface area (Å²) in [4.78, 5) is 29.0. The van der Waals surface area contributed by atoms with E-state index in [0.29, 0.717) is 5.56 Å². The van der Waals surface area contributed by atoms with Crippen LogP contribution in [0.1, 0.15) is 22.3 Å². The number of amides is 2. The largest absolute Gasteiger partial charge is 0.352 e. The number of aryl methyl sites for hydroxylation is 1. The zero-order valence-electron chi connectivity index (χ0n) is 16.5. The van der Waals surface area contributed by atoms with Crippen molar-refractivity contribution in [3.05, 3.63) is 83.9 Å². The number of hydrogen-bond acceptors (Lipinski definition) is 4. The fourth-order valence-electron chi connectivity index (χ4n) is 3.13. The molecule has 1 heterocycles. The number of carbonyl (C=O) groups excluding carboxylic acids is 2. The quantitative estimate of drug-likeness (QED) is 0.464. The zero-order chi connectivity index (χ0) is 20.9. The first-order valence-electron chi connectivity index (χ1n) is 9.70. The molecule has 30 heavy (non-hydrogen) atoms. The molecule has 4 rings (SSSR count).